The lowest BCUT2D eigenvalue weighted by Gasteiger charge is -2.13. The number of ketones is 1. The lowest BCUT2D eigenvalue weighted by Crippen LogP contribution is -2.03. The Bertz CT molecular complexity index is 713. The molecule has 2 rings (SSSR count). The molecule has 0 N–H and O–H groups in total. The second-order valence-electron chi connectivity index (χ2n) is 4.63. The third kappa shape index (κ3) is 3.85. The molecule has 0 aliphatic rings. The van der Waals surface area contributed by atoms with Gasteiger partial charge in [-0.1, -0.05) is 29.8 Å². The van der Waals surface area contributed by atoms with Crippen LogP contribution in [0.15, 0.2) is 42.5 Å². The highest BCUT2D eigenvalue weighted by molar-refractivity contribution is 6.32. The molecule has 4 nitrogen and oxygen atoms in total. The van der Waals surface area contributed by atoms with Gasteiger partial charge in [0.25, 0.3) is 0 Å². The quantitative estimate of drug-likeness (QED) is 0.585. The van der Waals surface area contributed by atoms with E-state index in [0.717, 1.165) is 5.56 Å². The van der Waals surface area contributed by atoms with Crippen molar-refractivity contribution in [1.82, 2.24) is 0 Å². The van der Waals surface area contributed by atoms with E-state index in [-0.39, 0.29) is 5.78 Å². The Kier molecular flexibility index (Phi) is 5.66. The van der Waals surface area contributed by atoms with Gasteiger partial charge in [-0.15, -0.1) is 0 Å². The maximum atomic E-state index is 12.6. The normalized spacial score (nSPS) is 10.6. The average molecular weight is 333 g/mol. The van der Waals surface area contributed by atoms with Gasteiger partial charge in [0.05, 0.1) is 21.3 Å². The van der Waals surface area contributed by atoms with E-state index in [1.807, 2.05) is 18.2 Å². The average Bonchev–Trinajstić information content (AvgIpc) is 2.59. The maximum Gasteiger partial charge on any atom is 0.193 e. The van der Waals surface area contributed by atoms with E-state index in [9.17, 15) is 4.79 Å². The molecule has 0 saturated heterocycles. The van der Waals surface area contributed by atoms with Crippen LogP contribution < -0.4 is 14.2 Å². The molecule has 0 unspecified atom stereocenters. The van der Waals surface area contributed by atoms with Gasteiger partial charge in [-0.3, -0.25) is 4.79 Å². The number of carbonyl (C=O) groups excluding carboxylic acids is 1. The topological polar surface area (TPSA) is 44.8 Å². The summed E-state index contributed by atoms with van der Waals surface area (Å²) in [6.45, 7) is 0. The first kappa shape index (κ1) is 16.9. The van der Waals surface area contributed by atoms with Crippen LogP contribution >= 0.6 is 11.6 Å². The first-order chi connectivity index (χ1) is 11.1. The second kappa shape index (κ2) is 7.70. The molecule has 2 aromatic carbocycles. The number of halogens is 1. The zero-order valence-corrected chi connectivity index (χ0v) is 13.9. The molecular formula is C18H17ClO4. The van der Waals surface area contributed by atoms with Gasteiger partial charge >= 0.3 is 0 Å². The molecule has 2 aromatic rings. The molecule has 0 amide bonds. The largest absolute Gasteiger partial charge is 0.496 e. The molecule has 0 fully saturated rings. The smallest absolute Gasteiger partial charge is 0.193 e. The summed E-state index contributed by atoms with van der Waals surface area (Å²) in [6.07, 6.45) is 3.10. The van der Waals surface area contributed by atoms with Crippen LogP contribution in [0.25, 0.3) is 6.08 Å². The van der Waals surface area contributed by atoms with Gasteiger partial charge in [0, 0.05) is 17.2 Å². The van der Waals surface area contributed by atoms with Crippen molar-refractivity contribution in [3.63, 3.8) is 0 Å². The number of benzene rings is 2. The van der Waals surface area contributed by atoms with E-state index >= 15 is 0 Å². The summed E-state index contributed by atoms with van der Waals surface area (Å²) in [5.41, 5.74) is 1.09. The minimum atomic E-state index is -0.249. The summed E-state index contributed by atoms with van der Waals surface area (Å²) in [6, 6.07) is 10.6. The summed E-state index contributed by atoms with van der Waals surface area (Å²) >= 11 is 6.08. The van der Waals surface area contributed by atoms with E-state index in [2.05, 4.69) is 0 Å². The highest BCUT2D eigenvalue weighted by Gasteiger charge is 2.18. The molecule has 0 atom stereocenters. The summed E-state index contributed by atoms with van der Waals surface area (Å²) in [5, 5.41) is 0.574. The minimum Gasteiger partial charge on any atom is -0.496 e. The third-order valence-electron chi connectivity index (χ3n) is 3.28. The van der Waals surface area contributed by atoms with Crippen molar-refractivity contribution in [1.29, 1.82) is 0 Å². The molecule has 0 aliphatic carbocycles. The van der Waals surface area contributed by atoms with Gasteiger partial charge in [-0.2, -0.15) is 0 Å². The van der Waals surface area contributed by atoms with Crippen molar-refractivity contribution in [2.45, 2.75) is 0 Å². The second-order valence-corrected chi connectivity index (χ2v) is 5.03. The maximum absolute atomic E-state index is 12.6. The van der Waals surface area contributed by atoms with E-state index in [1.165, 1.54) is 27.4 Å². The number of rotatable bonds is 6. The van der Waals surface area contributed by atoms with Crippen molar-refractivity contribution < 1.29 is 19.0 Å². The number of hydrogen-bond donors (Lipinski definition) is 0. The van der Waals surface area contributed by atoms with Gasteiger partial charge in [-0.25, -0.2) is 0 Å². The fourth-order valence-corrected chi connectivity index (χ4v) is 2.31. The van der Waals surface area contributed by atoms with Crippen molar-refractivity contribution >= 4 is 23.5 Å². The number of carbonyl (C=O) groups is 1. The number of hydrogen-bond acceptors (Lipinski definition) is 4. The molecule has 0 saturated carbocycles. The Morgan fingerprint density at radius 2 is 1.61 bits per heavy atom. The minimum absolute atomic E-state index is 0.249. The summed E-state index contributed by atoms with van der Waals surface area (Å²) in [7, 11) is 4.51. The summed E-state index contributed by atoms with van der Waals surface area (Å²) in [5.74, 6) is 1.07. The standard InChI is InChI=1S/C18H17ClO4/c1-21-13-10-16(22-2)18(17(11-13)23-3)15(20)9-8-12-6-4-5-7-14(12)19/h4-11H,1-3H3/b9-8-. The van der Waals surface area contributed by atoms with E-state index in [0.29, 0.717) is 27.8 Å². The fourth-order valence-electron chi connectivity index (χ4n) is 2.11. The van der Waals surface area contributed by atoms with Gasteiger partial charge in [-0.05, 0) is 23.8 Å². The predicted molar refractivity (Wildman–Crippen MR) is 90.9 cm³/mol. The van der Waals surface area contributed by atoms with Crippen LogP contribution in [0.3, 0.4) is 0 Å². The van der Waals surface area contributed by atoms with E-state index in [1.54, 1.807) is 24.3 Å². The highest BCUT2D eigenvalue weighted by Crippen LogP contribution is 2.34. The molecule has 5 heteroatoms. The fraction of sp³-hybridized carbons (Fsp3) is 0.167. The Labute approximate surface area is 140 Å². The van der Waals surface area contributed by atoms with Gasteiger partial charge in [0.15, 0.2) is 5.78 Å². The number of ether oxygens (including phenoxy) is 3. The zero-order valence-electron chi connectivity index (χ0n) is 13.1. The van der Waals surface area contributed by atoms with Crippen LogP contribution in [0, 0.1) is 0 Å². The monoisotopic (exact) mass is 332 g/mol. The van der Waals surface area contributed by atoms with Gasteiger partial charge < -0.3 is 14.2 Å². The van der Waals surface area contributed by atoms with Gasteiger partial charge in [0.1, 0.15) is 22.8 Å². The first-order valence-corrected chi connectivity index (χ1v) is 7.25. The molecule has 0 bridgehead atoms. The Balaban J connectivity index is 2.41. The molecule has 23 heavy (non-hydrogen) atoms. The molecule has 0 aromatic heterocycles. The van der Waals surface area contributed by atoms with E-state index < -0.39 is 0 Å². The van der Waals surface area contributed by atoms with Crippen molar-refractivity contribution in [3.05, 3.63) is 58.6 Å². The van der Waals surface area contributed by atoms with Crippen LogP contribution in [-0.4, -0.2) is 27.1 Å². The van der Waals surface area contributed by atoms with Crippen molar-refractivity contribution in [2.24, 2.45) is 0 Å². The number of methoxy groups -OCH3 is 3. The molecule has 0 spiro atoms. The lowest BCUT2D eigenvalue weighted by molar-refractivity contribution is 0.104. The predicted octanol–water partition coefficient (Wildman–Crippen LogP) is 4.26. The van der Waals surface area contributed by atoms with Crippen LogP contribution in [0.4, 0.5) is 0 Å². The highest BCUT2D eigenvalue weighted by atomic mass is 35.5. The van der Waals surface area contributed by atoms with Crippen LogP contribution in [0.2, 0.25) is 5.02 Å². The SMILES string of the molecule is COc1cc(OC)c(C(=O)/C=C\c2ccccc2Cl)c(OC)c1. The van der Waals surface area contributed by atoms with Gasteiger partial charge in [0.2, 0.25) is 0 Å². The Morgan fingerprint density at radius 1 is 1.00 bits per heavy atom. The number of allylic oxidation sites excluding steroid dienone is 1. The molecular weight excluding hydrogens is 316 g/mol. The van der Waals surface area contributed by atoms with Crippen LogP contribution in [-0.2, 0) is 0 Å². The van der Waals surface area contributed by atoms with Crippen LogP contribution in [0.5, 0.6) is 17.2 Å². The molecule has 120 valence electrons. The molecule has 0 aliphatic heterocycles. The molecule has 0 radical (unpaired) electrons. The zero-order chi connectivity index (χ0) is 16.8. The van der Waals surface area contributed by atoms with E-state index in [4.69, 9.17) is 25.8 Å². The van der Waals surface area contributed by atoms with Crippen LogP contribution in [0.1, 0.15) is 15.9 Å². The van der Waals surface area contributed by atoms with Crippen molar-refractivity contribution in [3.8, 4) is 17.2 Å². The third-order valence-corrected chi connectivity index (χ3v) is 3.63. The summed E-state index contributed by atoms with van der Waals surface area (Å²) in [4.78, 5) is 12.6. The Hall–Kier alpha value is -2.46. The Morgan fingerprint density at radius 3 is 2.13 bits per heavy atom. The summed E-state index contributed by atoms with van der Waals surface area (Å²) < 4.78 is 15.7. The molecule has 0 heterocycles. The lowest BCUT2D eigenvalue weighted by atomic mass is 10.1. The van der Waals surface area contributed by atoms with Crippen molar-refractivity contribution in [2.75, 3.05) is 21.3 Å². The first-order valence-electron chi connectivity index (χ1n) is 6.87.